The predicted molar refractivity (Wildman–Crippen MR) is 104 cm³/mol. The molecular weight excluding hydrogens is 513 g/mol. The fourth-order valence-electron chi connectivity index (χ4n) is 2.89. The number of rotatable bonds is 7. The molecule has 0 aromatic carbocycles. The number of carbonyl (C=O) groups excluding carboxylic acids is 1. The van der Waals surface area contributed by atoms with Crippen molar-refractivity contribution in [1.29, 1.82) is 0 Å². The van der Waals surface area contributed by atoms with E-state index in [4.69, 9.17) is 0 Å². The second-order valence-corrected chi connectivity index (χ2v) is 11.0. The zero-order valence-corrected chi connectivity index (χ0v) is 19.5. The minimum absolute atomic E-state index is 0.135. The Hall–Kier alpha value is -0.668. The van der Waals surface area contributed by atoms with Gasteiger partial charge in [0.05, 0.1) is 0 Å². The van der Waals surface area contributed by atoms with Crippen LogP contribution in [0.25, 0.3) is 0 Å². The van der Waals surface area contributed by atoms with Gasteiger partial charge >= 0.3 is 152 Å². The molecule has 1 amide bonds. The second kappa shape index (κ2) is 9.15. The van der Waals surface area contributed by atoms with Crippen molar-refractivity contribution in [2.24, 2.45) is 0 Å². The molecule has 129 valence electrons. The third-order valence-corrected chi connectivity index (χ3v) is 6.86. The molecule has 1 saturated heterocycles. The molecule has 1 aromatic rings. The maximum atomic E-state index is 12.5. The number of carbonyl (C=O) groups is 1. The van der Waals surface area contributed by atoms with Crippen LogP contribution in [-0.4, -0.2) is 81.2 Å². The van der Waals surface area contributed by atoms with E-state index in [9.17, 15) is 4.79 Å². The Morgan fingerprint density at radius 1 is 1.50 bits per heavy atom. The first kappa shape index (κ1) is 19.7. The van der Waals surface area contributed by atoms with E-state index in [1.54, 1.807) is 6.08 Å². The van der Waals surface area contributed by atoms with Crippen molar-refractivity contribution in [3.05, 3.63) is 36.6 Å². The molecule has 1 fully saturated rings. The number of allylic oxidation sites excluding steroid dienone is 1. The summed E-state index contributed by atoms with van der Waals surface area (Å²) in [7, 11) is 4.01. The normalized spacial score (nSPS) is 17.9. The van der Waals surface area contributed by atoms with E-state index in [2.05, 4.69) is 28.5 Å². The summed E-state index contributed by atoms with van der Waals surface area (Å²) in [5.74, 6) is 0.135. The molecular formula is C18H26N3OPbS. The molecule has 1 aromatic heterocycles. The van der Waals surface area contributed by atoms with Gasteiger partial charge in [0.15, 0.2) is 0 Å². The van der Waals surface area contributed by atoms with Crippen LogP contribution in [0.5, 0.6) is 0 Å². The van der Waals surface area contributed by atoms with E-state index in [1.807, 2.05) is 43.3 Å². The fourth-order valence-corrected chi connectivity index (χ4v) is 5.27. The average molecular weight is 540 g/mol. The Bertz CT molecular complexity index is 611. The molecule has 0 spiro atoms. The van der Waals surface area contributed by atoms with Gasteiger partial charge in [0, 0.05) is 0 Å². The Kier molecular flexibility index (Phi) is 7.49. The van der Waals surface area contributed by atoms with Crippen LogP contribution in [0.1, 0.15) is 19.8 Å². The van der Waals surface area contributed by atoms with Crippen molar-refractivity contribution >= 4 is 50.4 Å². The predicted octanol–water partition coefficient (Wildman–Crippen LogP) is 1.99. The fraction of sp³-hybridized carbons (Fsp3) is 0.500. The van der Waals surface area contributed by atoms with E-state index >= 15 is 0 Å². The first-order valence-electron chi connectivity index (χ1n) is 8.25. The first-order valence-corrected chi connectivity index (χ1v) is 11.0. The van der Waals surface area contributed by atoms with Crippen molar-refractivity contribution in [3.63, 3.8) is 0 Å². The number of likely N-dealkylation sites (tertiary alicyclic amines) is 1. The summed E-state index contributed by atoms with van der Waals surface area (Å²) in [6.45, 7) is 8.68. The van der Waals surface area contributed by atoms with E-state index in [-0.39, 0.29) is 11.9 Å². The van der Waals surface area contributed by atoms with Gasteiger partial charge in [-0.2, -0.15) is 0 Å². The zero-order chi connectivity index (χ0) is 17.7. The number of anilines is 1. The summed E-state index contributed by atoms with van der Waals surface area (Å²) in [6, 6.07) is 4.64. The van der Waals surface area contributed by atoms with Gasteiger partial charge in [-0.25, -0.2) is 0 Å². The van der Waals surface area contributed by atoms with Gasteiger partial charge in [-0.15, -0.1) is 0 Å². The zero-order valence-electron chi connectivity index (χ0n) is 14.8. The molecule has 1 atom stereocenters. The molecule has 0 N–H and O–H groups in total. The average Bonchev–Trinajstić information content (AvgIpc) is 3.12. The number of amides is 1. The van der Waals surface area contributed by atoms with Crippen molar-refractivity contribution in [1.82, 2.24) is 9.80 Å². The van der Waals surface area contributed by atoms with E-state index in [1.165, 1.54) is 7.44 Å². The standard InChI is InChI=1S/C18H26N3OS.Pb/c1-15(2)21(18-10-7-13-23-18)14-16-8-5-12-20(16)17(22)9-6-11-19(3)4;/h6-7,9-10,16H,1,5,8,11-12,14H2,2-4H3;/b9-6+;. The Balaban J connectivity index is 2.04. The monoisotopic (exact) mass is 540 g/mol. The first-order chi connectivity index (χ1) is 11.4. The van der Waals surface area contributed by atoms with Gasteiger partial charge in [0.1, 0.15) is 0 Å². The van der Waals surface area contributed by atoms with Crippen molar-refractivity contribution in [2.45, 2.75) is 25.8 Å². The molecule has 1 unspecified atom stereocenters. The Labute approximate surface area is 165 Å². The van der Waals surface area contributed by atoms with Gasteiger partial charge < -0.3 is 0 Å². The van der Waals surface area contributed by atoms with Crippen molar-refractivity contribution in [2.75, 3.05) is 38.6 Å². The van der Waals surface area contributed by atoms with Crippen molar-refractivity contribution < 1.29 is 4.79 Å². The number of likely N-dealkylation sites (N-methyl/N-ethyl adjacent to an activating group) is 1. The summed E-state index contributed by atoms with van der Waals surface area (Å²) in [4.78, 5) is 18.9. The third kappa shape index (κ3) is 5.42. The molecule has 24 heavy (non-hydrogen) atoms. The summed E-state index contributed by atoms with van der Waals surface area (Å²) >= 11 is 2.91. The molecule has 0 bridgehead atoms. The van der Waals surface area contributed by atoms with Crippen LogP contribution < -0.4 is 7.34 Å². The molecule has 2 rings (SSSR count). The number of nitrogens with zero attached hydrogens (tertiary/aromatic N) is 3. The molecule has 4 nitrogen and oxygen atoms in total. The molecule has 2 heterocycles. The van der Waals surface area contributed by atoms with Gasteiger partial charge in [0.2, 0.25) is 0 Å². The Morgan fingerprint density at radius 3 is 2.83 bits per heavy atom. The van der Waals surface area contributed by atoms with Crippen LogP contribution in [-0.2, 0) is 4.79 Å². The molecule has 3 radical (unpaired) electrons. The quantitative estimate of drug-likeness (QED) is 0.392. The number of hydrogen-bond acceptors (Lipinski definition) is 4. The summed E-state index contributed by atoms with van der Waals surface area (Å²) < 4.78 is 1.43. The van der Waals surface area contributed by atoms with Crippen LogP contribution in [0.4, 0.5) is 5.00 Å². The van der Waals surface area contributed by atoms with Crippen LogP contribution in [0, 0.1) is 0 Å². The minimum atomic E-state index is 0.135. The topological polar surface area (TPSA) is 26.8 Å². The molecule has 0 saturated carbocycles. The van der Waals surface area contributed by atoms with Crippen LogP contribution in [0.2, 0.25) is 0 Å². The molecule has 0 aliphatic carbocycles. The molecule has 6 heteroatoms. The third-order valence-electron chi connectivity index (χ3n) is 4.10. The van der Waals surface area contributed by atoms with Gasteiger partial charge in [-0.3, -0.25) is 0 Å². The van der Waals surface area contributed by atoms with Crippen LogP contribution in [0.3, 0.4) is 0 Å². The van der Waals surface area contributed by atoms with Crippen LogP contribution in [0.15, 0.2) is 36.6 Å². The van der Waals surface area contributed by atoms with E-state index < -0.39 is 0 Å². The van der Waals surface area contributed by atoms with Gasteiger partial charge in [-0.05, 0) is 14.1 Å². The maximum absolute atomic E-state index is 12.5. The number of hydrogen-bond donors (Lipinski definition) is 0. The van der Waals surface area contributed by atoms with E-state index in [0.29, 0.717) is 0 Å². The molecule has 1 aliphatic rings. The van der Waals surface area contributed by atoms with E-state index in [0.717, 1.165) is 63.9 Å². The second-order valence-electron chi connectivity index (χ2n) is 6.48. The molecule has 1 aliphatic heterocycles. The van der Waals surface area contributed by atoms with Crippen LogP contribution >= 0.6 is 11.3 Å². The van der Waals surface area contributed by atoms with Gasteiger partial charge in [0.25, 0.3) is 0 Å². The Morgan fingerprint density at radius 2 is 2.25 bits per heavy atom. The van der Waals surface area contributed by atoms with Gasteiger partial charge in [-0.1, -0.05) is 0 Å². The summed E-state index contributed by atoms with van der Waals surface area (Å²) in [5.41, 5.74) is 1.04. The SMILES string of the molecule is C=C(C)N(CC1CCCN1C(=O)/C=C/CN(C)C)c1cc[c]([Pb])s1. The van der Waals surface area contributed by atoms with Crippen molar-refractivity contribution in [3.8, 4) is 0 Å². The summed E-state index contributed by atoms with van der Waals surface area (Å²) in [5, 5.41) is 1.25. The number of thiophene rings is 1. The summed E-state index contributed by atoms with van der Waals surface area (Å²) in [6.07, 6.45) is 5.82.